The standard InChI is InChI=1S/C18H22N2/c1-15-7-5-6-10-17(15)13-20-12-11-19-18(14-20)16-8-3-2-4-9-16/h2-10,18-19H,11-14H2,1H3. The lowest BCUT2D eigenvalue weighted by molar-refractivity contribution is 0.193. The molecule has 1 saturated heterocycles. The number of benzene rings is 2. The molecule has 0 aliphatic carbocycles. The van der Waals surface area contributed by atoms with Gasteiger partial charge in [-0.3, -0.25) is 4.90 Å². The molecule has 0 saturated carbocycles. The lowest BCUT2D eigenvalue weighted by Gasteiger charge is -2.34. The number of aryl methyl sites for hydroxylation is 1. The van der Waals surface area contributed by atoms with E-state index in [1.54, 1.807) is 0 Å². The van der Waals surface area contributed by atoms with E-state index in [2.05, 4.69) is 71.7 Å². The molecular weight excluding hydrogens is 244 g/mol. The second kappa shape index (κ2) is 6.21. The molecule has 20 heavy (non-hydrogen) atoms. The molecule has 1 fully saturated rings. The summed E-state index contributed by atoms with van der Waals surface area (Å²) < 4.78 is 0. The minimum absolute atomic E-state index is 0.453. The summed E-state index contributed by atoms with van der Waals surface area (Å²) in [5, 5.41) is 3.62. The maximum atomic E-state index is 3.62. The molecule has 1 unspecified atom stereocenters. The lowest BCUT2D eigenvalue weighted by atomic mass is 10.0. The molecule has 1 heterocycles. The van der Waals surface area contributed by atoms with Gasteiger partial charge in [-0.15, -0.1) is 0 Å². The summed E-state index contributed by atoms with van der Waals surface area (Å²) in [4.78, 5) is 2.55. The largest absolute Gasteiger partial charge is 0.308 e. The van der Waals surface area contributed by atoms with Crippen molar-refractivity contribution in [3.8, 4) is 0 Å². The molecule has 1 N–H and O–H groups in total. The van der Waals surface area contributed by atoms with Crippen molar-refractivity contribution < 1.29 is 0 Å². The lowest BCUT2D eigenvalue weighted by Crippen LogP contribution is -2.45. The first kappa shape index (κ1) is 13.3. The Hall–Kier alpha value is -1.64. The van der Waals surface area contributed by atoms with Crippen LogP contribution in [0.5, 0.6) is 0 Å². The fraction of sp³-hybridized carbons (Fsp3) is 0.333. The third-order valence-corrected chi connectivity index (χ3v) is 4.12. The summed E-state index contributed by atoms with van der Waals surface area (Å²) >= 11 is 0. The van der Waals surface area contributed by atoms with Gasteiger partial charge in [0, 0.05) is 32.2 Å². The van der Waals surface area contributed by atoms with E-state index >= 15 is 0 Å². The molecule has 0 radical (unpaired) electrons. The zero-order valence-corrected chi connectivity index (χ0v) is 12.0. The van der Waals surface area contributed by atoms with Crippen LogP contribution >= 0.6 is 0 Å². The monoisotopic (exact) mass is 266 g/mol. The van der Waals surface area contributed by atoms with E-state index in [0.29, 0.717) is 6.04 Å². The molecule has 3 rings (SSSR count). The smallest absolute Gasteiger partial charge is 0.0449 e. The highest BCUT2D eigenvalue weighted by atomic mass is 15.2. The zero-order valence-electron chi connectivity index (χ0n) is 12.0. The Bertz CT molecular complexity index is 550. The molecule has 0 amide bonds. The third-order valence-electron chi connectivity index (χ3n) is 4.12. The minimum Gasteiger partial charge on any atom is -0.308 e. The molecule has 2 nitrogen and oxygen atoms in total. The number of nitrogens with one attached hydrogen (secondary N) is 1. The Kier molecular flexibility index (Phi) is 4.14. The van der Waals surface area contributed by atoms with Crippen LogP contribution in [0.4, 0.5) is 0 Å². The first-order valence-corrected chi connectivity index (χ1v) is 7.38. The molecule has 0 bridgehead atoms. The molecular formula is C18H22N2. The maximum absolute atomic E-state index is 3.62. The van der Waals surface area contributed by atoms with Gasteiger partial charge in [-0.1, -0.05) is 54.6 Å². The van der Waals surface area contributed by atoms with Crippen LogP contribution in [-0.2, 0) is 6.54 Å². The predicted molar refractivity (Wildman–Crippen MR) is 83.6 cm³/mol. The van der Waals surface area contributed by atoms with Gasteiger partial charge >= 0.3 is 0 Å². The van der Waals surface area contributed by atoms with Crippen LogP contribution in [0.1, 0.15) is 22.7 Å². The third kappa shape index (κ3) is 3.09. The van der Waals surface area contributed by atoms with Gasteiger partial charge in [0.25, 0.3) is 0 Å². The van der Waals surface area contributed by atoms with Crippen molar-refractivity contribution in [1.29, 1.82) is 0 Å². The number of piperazine rings is 1. The highest BCUT2D eigenvalue weighted by molar-refractivity contribution is 5.26. The van der Waals surface area contributed by atoms with Crippen LogP contribution in [-0.4, -0.2) is 24.5 Å². The van der Waals surface area contributed by atoms with Crippen molar-refractivity contribution in [2.24, 2.45) is 0 Å². The van der Waals surface area contributed by atoms with E-state index in [1.807, 2.05) is 0 Å². The van der Waals surface area contributed by atoms with Crippen LogP contribution in [0.25, 0.3) is 0 Å². The van der Waals surface area contributed by atoms with Crippen molar-refractivity contribution in [3.63, 3.8) is 0 Å². The second-order valence-corrected chi connectivity index (χ2v) is 5.58. The summed E-state index contributed by atoms with van der Waals surface area (Å²) in [5.41, 5.74) is 4.23. The molecule has 1 aliphatic heterocycles. The highest BCUT2D eigenvalue weighted by Crippen LogP contribution is 2.19. The zero-order chi connectivity index (χ0) is 13.8. The van der Waals surface area contributed by atoms with Crippen molar-refractivity contribution in [1.82, 2.24) is 10.2 Å². The molecule has 1 atom stereocenters. The summed E-state index contributed by atoms with van der Waals surface area (Å²) in [6.45, 7) is 6.52. The predicted octanol–water partition coefficient (Wildman–Crippen LogP) is 3.14. The highest BCUT2D eigenvalue weighted by Gasteiger charge is 2.20. The Morgan fingerprint density at radius 2 is 1.80 bits per heavy atom. The summed E-state index contributed by atoms with van der Waals surface area (Å²) in [7, 11) is 0. The Labute approximate surface area is 121 Å². The van der Waals surface area contributed by atoms with Gasteiger partial charge in [-0.2, -0.15) is 0 Å². The second-order valence-electron chi connectivity index (χ2n) is 5.58. The molecule has 104 valence electrons. The minimum atomic E-state index is 0.453. The number of nitrogens with zero attached hydrogens (tertiary/aromatic N) is 1. The van der Waals surface area contributed by atoms with E-state index in [9.17, 15) is 0 Å². The van der Waals surface area contributed by atoms with E-state index in [0.717, 1.165) is 26.2 Å². The van der Waals surface area contributed by atoms with Crippen molar-refractivity contribution >= 4 is 0 Å². The molecule has 2 aromatic rings. The number of hydrogen-bond donors (Lipinski definition) is 1. The summed E-state index contributed by atoms with van der Waals surface area (Å²) in [5.74, 6) is 0. The Morgan fingerprint density at radius 3 is 2.60 bits per heavy atom. The van der Waals surface area contributed by atoms with Crippen molar-refractivity contribution in [2.45, 2.75) is 19.5 Å². The van der Waals surface area contributed by atoms with Crippen LogP contribution in [0.15, 0.2) is 54.6 Å². The number of rotatable bonds is 3. The van der Waals surface area contributed by atoms with E-state index in [-0.39, 0.29) is 0 Å². The van der Waals surface area contributed by atoms with Crippen molar-refractivity contribution in [2.75, 3.05) is 19.6 Å². The molecule has 0 spiro atoms. The first-order valence-electron chi connectivity index (χ1n) is 7.38. The van der Waals surface area contributed by atoms with Gasteiger partial charge in [0.15, 0.2) is 0 Å². The topological polar surface area (TPSA) is 15.3 Å². The average molecular weight is 266 g/mol. The van der Waals surface area contributed by atoms with Gasteiger partial charge in [-0.05, 0) is 23.6 Å². The fourth-order valence-corrected chi connectivity index (χ4v) is 2.89. The quantitative estimate of drug-likeness (QED) is 0.918. The van der Waals surface area contributed by atoms with Gasteiger partial charge in [0.05, 0.1) is 0 Å². The summed E-state index contributed by atoms with van der Waals surface area (Å²) in [6, 6.07) is 19.9. The summed E-state index contributed by atoms with van der Waals surface area (Å²) in [6.07, 6.45) is 0. The fourth-order valence-electron chi connectivity index (χ4n) is 2.89. The SMILES string of the molecule is Cc1ccccc1CN1CCNC(c2ccccc2)C1. The van der Waals surface area contributed by atoms with Gasteiger partial charge < -0.3 is 5.32 Å². The van der Waals surface area contributed by atoms with Crippen LogP contribution in [0.2, 0.25) is 0 Å². The first-order chi connectivity index (χ1) is 9.83. The van der Waals surface area contributed by atoms with Gasteiger partial charge in [0.1, 0.15) is 0 Å². The van der Waals surface area contributed by atoms with Gasteiger partial charge in [-0.25, -0.2) is 0 Å². The van der Waals surface area contributed by atoms with E-state index in [4.69, 9.17) is 0 Å². The van der Waals surface area contributed by atoms with Gasteiger partial charge in [0.2, 0.25) is 0 Å². The molecule has 2 aromatic carbocycles. The molecule has 1 aliphatic rings. The van der Waals surface area contributed by atoms with Crippen LogP contribution in [0, 0.1) is 6.92 Å². The molecule has 2 heteroatoms. The maximum Gasteiger partial charge on any atom is 0.0449 e. The Balaban J connectivity index is 1.68. The van der Waals surface area contributed by atoms with E-state index < -0.39 is 0 Å². The van der Waals surface area contributed by atoms with E-state index in [1.165, 1.54) is 16.7 Å². The van der Waals surface area contributed by atoms with Crippen LogP contribution < -0.4 is 5.32 Å². The van der Waals surface area contributed by atoms with Crippen molar-refractivity contribution in [3.05, 3.63) is 71.3 Å². The molecule has 0 aromatic heterocycles. The normalized spacial score (nSPS) is 19.9. The van der Waals surface area contributed by atoms with Crippen LogP contribution in [0.3, 0.4) is 0 Å². The average Bonchev–Trinajstić information content (AvgIpc) is 2.51. The Morgan fingerprint density at radius 1 is 1.05 bits per heavy atom. The number of hydrogen-bond acceptors (Lipinski definition) is 2.